The number of unbranched alkanes of at least 4 members (excludes halogenated alkanes) is 10. The summed E-state index contributed by atoms with van der Waals surface area (Å²) in [5.74, 6) is 0.0892. The summed E-state index contributed by atoms with van der Waals surface area (Å²) in [4.78, 5) is 60.3. The fraction of sp³-hybridized carbons (Fsp3) is 0.871. The molecular weight excluding hydrogens is 511 g/mol. The molecule has 0 aromatic rings. The van der Waals surface area contributed by atoms with Gasteiger partial charge in [0.25, 0.3) is 0 Å². The van der Waals surface area contributed by atoms with Gasteiger partial charge in [0.15, 0.2) is 19.2 Å². The Bertz CT molecular complexity index is 708. The van der Waals surface area contributed by atoms with Gasteiger partial charge in [-0.25, -0.2) is 0 Å². The van der Waals surface area contributed by atoms with Crippen LogP contribution in [-0.4, -0.2) is 65.8 Å². The standard InChI is InChI=1S/C31H59N2O5P/c1-7-10-11-12-13-14-15-16-17-18-19-20-26(8-2)23-28(34)24-27(32-29(35)9-3)25-31(37)39(38)30(36)21-22-33(4,5)6/h26-27,38H,7-25H2,1-6H3/p+1. The van der Waals surface area contributed by atoms with Gasteiger partial charge in [-0.1, -0.05) is 104 Å². The molecule has 3 atom stereocenters. The number of quaternary nitrogens is 1. The van der Waals surface area contributed by atoms with Crippen molar-refractivity contribution in [2.24, 2.45) is 5.92 Å². The molecule has 8 heteroatoms. The van der Waals surface area contributed by atoms with Gasteiger partial charge in [-0.15, -0.1) is 0 Å². The lowest BCUT2D eigenvalue weighted by Gasteiger charge is -2.24. The van der Waals surface area contributed by atoms with Crippen LogP contribution < -0.4 is 5.32 Å². The van der Waals surface area contributed by atoms with Gasteiger partial charge in [0, 0.05) is 31.7 Å². The van der Waals surface area contributed by atoms with E-state index in [9.17, 15) is 24.1 Å². The first-order valence-corrected chi connectivity index (χ1v) is 16.9. The summed E-state index contributed by atoms with van der Waals surface area (Å²) in [7, 11) is 3.39. The fourth-order valence-corrected chi connectivity index (χ4v) is 5.69. The van der Waals surface area contributed by atoms with Crippen LogP contribution in [0.5, 0.6) is 0 Å². The molecule has 0 saturated heterocycles. The predicted octanol–water partition coefficient (Wildman–Crippen LogP) is 6.89. The second kappa shape index (κ2) is 22.5. The Labute approximate surface area is 240 Å². The Morgan fingerprint density at radius 3 is 1.77 bits per heavy atom. The number of hydrogen-bond donors (Lipinski definition) is 2. The van der Waals surface area contributed by atoms with Gasteiger partial charge in [0.05, 0.1) is 34.1 Å². The summed E-state index contributed by atoms with van der Waals surface area (Å²) in [6.45, 7) is 6.59. The Morgan fingerprint density at radius 2 is 1.28 bits per heavy atom. The number of Topliss-reactive ketones (excluding diaryl/α,β-unsaturated/α-hetero) is 1. The van der Waals surface area contributed by atoms with Gasteiger partial charge in [-0.3, -0.25) is 19.2 Å². The smallest absolute Gasteiger partial charge is 0.219 e. The molecular formula is C31H60N2O5P+. The van der Waals surface area contributed by atoms with Crippen LogP contribution in [0.3, 0.4) is 0 Å². The predicted molar refractivity (Wildman–Crippen MR) is 163 cm³/mol. The Hall–Kier alpha value is -1.17. The average Bonchev–Trinajstić information content (AvgIpc) is 2.88. The molecule has 0 saturated carbocycles. The minimum absolute atomic E-state index is 0.0257. The number of ketones is 1. The van der Waals surface area contributed by atoms with Crippen molar-refractivity contribution < 1.29 is 28.6 Å². The van der Waals surface area contributed by atoms with Gasteiger partial charge in [0.2, 0.25) is 5.91 Å². The van der Waals surface area contributed by atoms with Crippen LogP contribution in [0.2, 0.25) is 0 Å². The van der Waals surface area contributed by atoms with E-state index in [0.29, 0.717) is 23.4 Å². The maximum atomic E-state index is 12.9. The van der Waals surface area contributed by atoms with E-state index in [-0.39, 0.29) is 37.4 Å². The van der Waals surface area contributed by atoms with Crippen molar-refractivity contribution in [3.8, 4) is 0 Å². The number of nitrogens with zero attached hydrogens (tertiary/aromatic N) is 1. The minimum Gasteiger partial charge on any atom is -0.360 e. The van der Waals surface area contributed by atoms with Crippen LogP contribution in [0.25, 0.3) is 0 Å². The highest BCUT2D eigenvalue weighted by molar-refractivity contribution is 7.84. The summed E-state index contributed by atoms with van der Waals surface area (Å²) >= 11 is 0. The Balaban J connectivity index is 4.55. The summed E-state index contributed by atoms with van der Waals surface area (Å²) in [5, 5.41) is 2.76. The topological polar surface area (TPSA) is 101 Å². The maximum absolute atomic E-state index is 12.9. The molecule has 2 N–H and O–H groups in total. The molecule has 39 heavy (non-hydrogen) atoms. The van der Waals surface area contributed by atoms with E-state index >= 15 is 0 Å². The molecule has 0 spiro atoms. The number of carbonyl (C=O) groups excluding carboxylic acids is 4. The van der Waals surface area contributed by atoms with Gasteiger partial charge in [-0.2, -0.15) is 0 Å². The minimum atomic E-state index is -2.43. The Kier molecular flexibility index (Phi) is 21.8. The third-order valence-corrected chi connectivity index (χ3v) is 8.71. The number of hydrogen-bond acceptors (Lipinski definition) is 5. The molecule has 228 valence electrons. The first kappa shape index (κ1) is 37.8. The monoisotopic (exact) mass is 571 g/mol. The van der Waals surface area contributed by atoms with Gasteiger partial charge in [0.1, 0.15) is 5.78 Å². The zero-order valence-electron chi connectivity index (χ0n) is 26.1. The Morgan fingerprint density at radius 1 is 0.744 bits per heavy atom. The summed E-state index contributed by atoms with van der Waals surface area (Å²) < 4.78 is 0.560. The SMILES string of the molecule is CCCCCCCCCCCCCC(CC)CC(=O)CC(CC(=O)P(O)C(=O)CC[N+](C)(C)C)NC(=O)CC. The second-order valence-electron chi connectivity index (χ2n) is 12.2. The zero-order chi connectivity index (χ0) is 29.7. The zero-order valence-corrected chi connectivity index (χ0v) is 27.0. The number of amides is 1. The van der Waals surface area contributed by atoms with Gasteiger partial charge in [-0.05, 0) is 5.92 Å². The molecule has 0 heterocycles. The number of carbonyl (C=O) groups is 4. The lowest BCUT2D eigenvalue weighted by molar-refractivity contribution is -0.869. The number of rotatable bonds is 26. The third-order valence-electron chi connectivity index (χ3n) is 7.36. The van der Waals surface area contributed by atoms with Crippen molar-refractivity contribution in [3.05, 3.63) is 0 Å². The summed E-state index contributed by atoms with van der Waals surface area (Å²) in [6.07, 6.45) is 16.9. The van der Waals surface area contributed by atoms with E-state index in [0.717, 1.165) is 19.3 Å². The van der Waals surface area contributed by atoms with Crippen molar-refractivity contribution in [2.75, 3.05) is 27.7 Å². The molecule has 0 aromatic heterocycles. The maximum Gasteiger partial charge on any atom is 0.219 e. The van der Waals surface area contributed by atoms with E-state index < -0.39 is 25.2 Å². The first-order chi connectivity index (χ1) is 18.4. The molecule has 0 aliphatic heterocycles. The van der Waals surface area contributed by atoms with E-state index in [1.54, 1.807) is 6.92 Å². The molecule has 0 radical (unpaired) electrons. The van der Waals surface area contributed by atoms with Crippen molar-refractivity contribution >= 4 is 30.9 Å². The molecule has 0 aromatic carbocycles. The molecule has 0 bridgehead atoms. The van der Waals surface area contributed by atoms with Crippen LogP contribution in [0.1, 0.15) is 136 Å². The van der Waals surface area contributed by atoms with Gasteiger partial charge >= 0.3 is 0 Å². The lowest BCUT2D eigenvalue weighted by atomic mass is 9.91. The molecule has 0 aliphatic rings. The van der Waals surface area contributed by atoms with Crippen LogP contribution in [0.15, 0.2) is 0 Å². The van der Waals surface area contributed by atoms with Crippen molar-refractivity contribution in [3.63, 3.8) is 0 Å². The quantitative estimate of drug-likeness (QED) is 0.0669. The normalized spacial score (nSPS) is 14.0. The van der Waals surface area contributed by atoms with E-state index in [2.05, 4.69) is 19.2 Å². The molecule has 0 aliphatic carbocycles. The highest BCUT2D eigenvalue weighted by atomic mass is 31.1. The van der Waals surface area contributed by atoms with Crippen molar-refractivity contribution in [1.82, 2.24) is 5.32 Å². The molecule has 0 fully saturated rings. The molecule has 7 nitrogen and oxygen atoms in total. The molecule has 1 amide bonds. The van der Waals surface area contributed by atoms with E-state index in [1.807, 2.05) is 21.1 Å². The van der Waals surface area contributed by atoms with Crippen LogP contribution in [0.4, 0.5) is 0 Å². The van der Waals surface area contributed by atoms with E-state index in [4.69, 9.17) is 0 Å². The van der Waals surface area contributed by atoms with E-state index in [1.165, 1.54) is 64.2 Å². The largest absolute Gasteiger partial charge is 0.360 e. The van der Waals surface area contributed by atoms with Crippen LogP contribution >= 0.6 is 8.15 Å². The van der Waals surface area contributed by atoms with Crippen molar-refractivity contribution in [2.45, 2.75) is 142 Å². The molecule has 3 unspecified atom stereocenters. The summed E-state index contributed by atoms with van der Waals surface area (Å²) in [6, 6.07) is -0.680. The third kappa shape index (κ3) is 21.3. The molecule has 0 rings (SSSR count). The summed E-state index contributed by atoms with van der Waals surface area (Å²) in [5.41, 5.74) is -1.02. The van der Waals surface area contributed by atoms with Gasteiger partial charge < -0.3 is 14.7 Å². The van der Waals surface area contributed by atoms with Crippen LogP contribution in [-0.2, 0) is 19.2 Å². The average molecular weight is 572 g/mol. The lowest BCUT2D eigenvalue weighted by Crippen LogP contribution is -2.38. The van der Waals surface area contributed by atoms with Crippen LogP contribution in [0, 0.1) is 5.92 Å². The highest BCUT2D eigenvalue weighted by Crippen LogP contribution is 2.36. The highest BCUT2D eigenvalue weighted by Gasteiger charge is 2.29. The fourth-order valence-electron chi connectivity index (χ4n) is 4.71. The second-order valence-corrected chi connectivity index (χ2v) is 13.9. The number of nitrogens with one attached hydrogen (secondary N) is 1. The van der Waals surface area contributed by atoms with Crippen molar-refractivity contribution in [1.29, 1.82) is 0 Å². The first-order valence-electron chi connectivity index (χ1n) is 15.6.